The van der Waals surface area contributed by atoms with Crippen molar-refractivity contribution in [1.82, 2.24) is 0 Å². The van der Waals surface area contributed by atoms with Crippen LogP contribution in [-0.2, 0) is 6.61 Å². The zero-order valence-electron chi connectivity index (χ0n) is 10.9. The second kappa shape index (κ2) is 7.85. The van der Waals surface area contributed by atoms with Crippen molar-refractivity contribution in [3.05, 3.63) is 64.7 Å². The molecular weight excluding hydrogens is 291 g/mol. The fraction of sp³-hybridized carbons (Fsp3) is 0.176. The van der Waals surface area contributed by atoms with Gasteiger partial charge in [0, 0.05) is 17.3 Å². The van der Waals surface area contributed by atoms with E-state index in [-0.39, 0.29) is 0 Å². The molecule has 0 aliphatic rings. The summed E-state index contributed by atoms with van der Waals surface area (Å²) in [7, 11) is 0. The summed E-state index contributed by atoms with van der Waals surface area (Å²) in [6, 6.07) is 15.3. The van der Waals surface area contributed by atoms with E-state index in [1.54, 1.807) is 0 Å². The maximum Gasteiger partial charge on any atom is 0.135 e. The van der Waals surface area contributed by atoms with E-state index >= 15 is 0 Å². The highest BCUT2D eigenvalue weighted by atomic mass is 35.5. The predicted octanol–water partition coefficient (Wildman–Crippen LogP) is 4.90. The summed E-state index contributed by atoms with van der Waals surface area (Å²) in [5, 5.41) is 0.710. The topological polar surface area (TPSA) is 9.23 Å². The predicted molar refractivity (Wildman–Crippen MR) is 84.4 cm³/mol. The van der Waals surface area contributed by atoms with E-state index in [1.165, 1.54) is 0 Å². The lowest BCUT2D eigenvalue weighted by molar-refractivity contribution is 0.305. The first-order chi connectivity index (χ1) is 9.79. The van der Waals surface area contributed by atoms with Crippen molar-refractivity contribution in [2.45, 2.75) is 13.0 Å². The Labute approximate surface area is 129 Å². The van der Waals surface area contributed by atoms with Crippen LogP contribution in [0.2, 0.25) is 5.02 Å². The molecule has 3 heteroatoms. The van der Waals surface area contributed by atoms with Gasteiger partial charge in [0.05, 0.1) is 5.56 Å². The van der Waals surface area contributed by atoms with Crippen LogP contribution in [0.15, 0.2) is 48.5 Å². The van der Waals surface area contributed by atoms with Gasteiger partial charge in [-0.15, -0.1) is 11.6 Å². The van der Waals surface area contributed by atoms with Crippen molar-refractivity contribution < 1.29 is 4.74 Å². The lowest BCUT2D eigenvalue weighted by Gasteiger charge is -2.08. The van der Waals surface area contributed by atoms with Crippen molar-refractivity contribution in [1.29, 1.82) is 0 Å². The molecule has 2 aromatic carbocycles. The number of benzene rings is 2. The van der Waals surface area contributed by atoms with Crippen LogP contribution in [0.5, 0.6) is 5.75 Å². The Morgan fingerprint density at radius 3 is 2.70 bits per heavy atom. The second-order valence-corrected chi connectivity index (χ2v) is 4.97. The largest absolute Gasteiger partial charge is 0.488 e. The number of halogens is 2. The van der Waals surface area contributed by atoms with Crippen LogP contribution in [0.1, 0.15) is 17.5 Å². The number of hydrogen-bond acceptors (Lipinski definition) is 1. The molecule has 0 heterocycles. The fourth-order valence-corrected chi connectivity index (χ4v) is 2.00. The summed E-state index contributed by atoms with van der Waals surface area (Å²) in [5.41, 5.74) is 1.90. The molecule has 2 aromatic rings. The van der Waals surface area contributed by atoms with Gasteiger partial charge in [-0.25, -0.2) is 0 Å². The Bertz CT molecular complexity index is 626. The first-order valence-electron chi connectivity index (χ1n) is 6.30. The average Bonchev–Trinajstić information content (AvgIpc) is 2.47. The Balaban J connectivity index is 2.08. The van der Waals surface area contributed by atoms with E-state index in [9.17, 15) is 0 Å². The molecule has 0 aliphatic heterocycles. The van der Waals surface area contributed by atoms with E-state index in [1.807, 2.05) is 48.5 Å². The molecule has 0 radical (unpaired) electrons. The molecular formula is C17H14Cl2O. The number of para-hydroxylation sites is 1. The van der Waals surface area contributed by atoms with E-state index in [2.05, 4.69) is 11.8 Å². The van der Waals surface area contributed by atoms with Gasteiger partial charge in [0.15, 0.2) is 0 Å². The molecule has 0 aliphatic carbocycles. The molecule has 2 rings (SSSR count). The molecule has 0 amide bonds. The highest BCUT2D eigenvalue weighted by Gasteiger charge is 2.01. The van der Waals surface area contributed by atoms with Crippen LogP contribution in [0.4, 0.5) is 0 Å². The first-order valence-corrected chi connectivity index (χ1v) is 7.22. The summed E-state index contributed by atoms with van der Waals surface area (Å²) in [5.74, 6) is 7.41. The van der Waals surface area contributed by atoms with E-state index in [0.29, 0.717) is 23.9 Å². The Kier molecular flexibility index (Phi) is 5.80. The zero-order chi connectivity index (χ0) is 14.2. The smallest absolute Gasteiger partial charge is 0.135 e. The molecule has 0 saturated heterocycles. The maximum absolute atomic E-state index is 5.95. The van der Waals surface area contributed by atoms with Crippen molar-refractivity contribution in [3.63, 3.8) is 0 Å². The summed E-state index contributed by atoms with van der Waals surface area (Å²) >= 11 is 11.6. The standard InChI is InChI=1S/C17H14Cl2O/c18-11-4-3-8-15-7-1-2-10-17(15)20-13-14-6-5-9-16(19)12-14/h1-2,5-7,9-10,12H,4,11,13H2. The van der Waals surface area contributed by atoms with Crippen molar-refractivity contribution in [2.75, 3.05) is 5.88 Å². The van der Waals surface area contributed by atoms with Crippen LogP contribution >= 0.6 is 23.2 Å². The summed E-state index contributed by atoms with van der Waals surface area (Å²) < 4.78 is 5.81. The molecule has 0 N–H and O–H groups in total. The van der Waals surface area contributed by atoms with Gasteiger partial charge in [-0.2, -0.15) is 0 Å². The van der Waals surface area contributed by atoms with E-state index in [0.717, 1.165) is 16.9 Å². The summed E-state index contributed by atoms with van der Waals surface area (Å²) in [6.45, 7) is 0.467. The minimum atomic E-state index is 0.467. The minimum Gasteiger partial charge on any atom is -0.488 e. The van der Waals surface area contributed by atoms with Gasteiger partial charge in [-0.05, 0) is 29.8 Å². The van der Waals surface area contributed by atoms with Crippen molar-refractivity contribution >= 4 is 23.2 Å². The Morgan fingerprint density at radius 1 is 1.05 bits per heavy atom. The third-order valence-corrected chi connectivity index (χ3v) is 3.04. The van der Waals surface area contributed by atoms with Crippen molar-refractivity contribution in [3.8, 4) is 17.6 Å². The average molecular weight is 305 g/mol. The molecule has 0 atom stereocenters. The lowest BCUT2D eigenvalue weighted by Crippen LogP contribution is -1.97. The van der Waals surface area contributed by atoms with Gasteiger partial charge in [0.25, 0.3) is 0 Å². The molecule has 0 bridgehead atoms. The van der Waals surface area contributed by atoms with E-state index < -0.39 is 0 Å². The molecule has 0 saturated carbocycles. The molecule has 1 nitrogen and oxygen atoms in total. The summed E-state index contributed by atoms with van der Waals surface area (Å²) in [4.78, 5) is 0. The first kappa shape index (κ1) is 14.8. The second-order valence-electron chi connectivity index (χ2n) is 4.16. The highest BCUT2D eigenvalue weighted by molar-refractivity contribution is 6.30. The molecule has 0 fully saturated rings. The van der Waals surface area contributed by atoms with Gasteiger partial charge in [-0.1, -0.05) is 47.7 Å². The normalized spacial score (nSPS) is 9.70. The Morgan fingerprint density at radius 2 is 1.90 bits per heavy atom. The van der Waals surface area contributed by atoms with Gasteiger partial charge in [0.1, 0.15) is 12.4 Å². The monoisotopic (exact) mass is 304 g/mol. The van der Waals surface area contributed by atoms with Gasteiger partial charge in [0.2, 0.25) is 0 Å². The summed E-state index contributed by atoms with van der Waals surface area (Å²) in [6.07, 6.45) is 0.671. The van der Waals surface area contributed by atoms with Crippen LogP contribution in [0.3, 0.4) is 0 Å². The van der Waals surface area contributed by atoms with E-state index in [4.69, 9.17) is 27.9 Å². The number of hydrogen-bond donors (Lipinski definition) is 0. The molecule has 0 aromatic heterocycles. The minimum absolute atomic E-state index is 0.467. The highest BCUT2D eigenvalue weighted by Crippen LogP contribution is 2.19. The third kappa shape index (κ3) is 4.49. The fourth-order valence-electron chi connectivity index (χ4n) is 1.69. The third-order valence-electron chi connectivity index (χ3n) is 2.61. The zero-order valence-corrected chi connectivity index (χ0v) is 12.4. The van der Waals surface area contributed by atoms with Gasteiger partial charge in [-0.3, -0.25) is 0 Å². The van der Waals surface area contributed by atoms with Gasteiger partial charge < -0.3 is 4.74 Å². The molecule has 0 spiro atoms. The lowest BCUT2D eigenvalue weighted by atomic mass is 10.2. The van der Waals surface area contributed by atoms with Crippen LogP contribution in [0.25, 0.3) is 0 Å². The SMILES string of the molecule is ClCCC#Cc1ccccc1OCc1cccc(Cl)c1. The molecule has 102 valence electrons. The molecule has 20 heavy (non-hydrogen) atoms. The maximum atomic E-state index is 5.95. The Hall–Kier alpha value is -1.62. The van der Waals surface area contributed by atoms with Gasteiger partial charge >= 0.3 is 0 Å². The van der Waals surface area contributed by atoms with Crippen LogP contribution in [-0.4, -0.2) is 5.88 Å². The number of rotatable bonds is 4. The molecule has 0 unspecified atom stereocenters. The number of alkyl halides is 1. The van der Waals surface area contributed by atoms with Crippen LogP contribution in [0, 0.1) is 11.8 Å². The van der Waals surface area contributed by atoms with Crippen LogP contribution < -0.4 is 4.74 Å². The number of ether oxygens (including phenoxy) is 1. The quantitative estimate of drug-likeness (QED) is 0.576. The van der Waals surface area contributed by atoms with Crippen molar-refractivity contribution in [2.24, 2.45) is 0 Å².